The van der Waals surface area contributed by atoms with Crippen molar-refractivity contribution in [3.63, 3.8) is 0 Å². The van der Waals surface area contributed by atoms with Gasteiger partial charge < -0.3 is 9.31 Å². The van der Waals surface area contributed by atoms with Crippen molar-refractivity contribution in [1.29, 1.82) is 0 Å². The second kappa shape index (κ2) is 5.18. The second-order valence-electron chi connectivity index (χ2n) is 6.78. The summed E-state index contributed by atoms with van der Waals surface area (Å²) in [5, 5.41) is 0. The molecule has 1 aliphatic rings. The van der Waals surface area contributed by atoms with Crippen molar-refractivity contribution in [2.75, 3.05) is 0 Å². The highest BCUT2D eigenvalue weighted by atomic mass is 16.7. The van der Waals surface area contributed by atoms with Crippen LogP contribution in [0, 0.1) is 6.92 Å². The summed E-state index contributed by atoms with van der Waals surface area (Å²) in [6, 6.07) is 8.23. The smallest absolute Gasteiger partial charge is 0.398 e. The third-order valence-electron chi connectivity index (χ3n) is 4.50. The molecule has 2 heterocycles. The summed E-state index contributed by atoms with van der Waals surface area (Å²) in [5.41, 5.74) is 3.04. The van der Waals surface area contributed by atoms with Crippen molar-refractivity contribution >= 4 is 12.7 Å². The molecule has 5 heteroatoms. The second-order valence-corrected chi connectivity index (χ2v) is 6.78. The van der Waals surface area contributed by atoms with E-state index in [1.807, 2.05) is 39.8 Å². The molecule has 0 atom stereocenters. The molecule has 0 amide bonds. The van der Waals surface area contributed by atoms with Gasteiger partial charge in [-0.05, 0) is 34.6 Å². The summed E-state index contributed by atoms with van der Waals surface area (Å²) in [4.78, 5) is 8.97. The van der Waals surface area contributed by atoms with Crippen LogP contribution in [0.15, 0.2) is 36.7 Å². The monoisotopic (exact) mass is 296 g/mol. The van der Waals surface area contributed by atoms with E-state index in [-0.39, 0.29) is 11.2 Å². The summed E-state index contributed by atoms with van der Waals surface area (Å²) in [7, 11) is -0.483. The maximum absolute atomic E-state index is 6.04. The van der Waals surface area contributed by atoms with Crippen molar-refractivity contribution in [3.8, 4) is 11.3 Å². The van der Waals surface area contributed by atoms with Gasteiger partial charge in [-0.3, -0.25) is 9.97 Å². The Labute approximate surface area is 132 Å². The van der Waals surface area contributed by atoms with Crippen molar-refractivity contribution in [2.45, 2.75) is 45.8 Å². The van der Waals surface area contributed by atoms with Gasteiger partial charge in [-0.1, -0.05) is 29.8 Å². The van der Waals surface area contributed by atoms with Crippen LogP contribution in [-0.4, -0.2) is 28.3 Å². The summed E-state index contributed by atoms with van der Waals surface area (Å²) >= 11 is 0. The van der Waals surface area contributed by atoms with Gasteiger partial charge in [0, 0.05) is 11.8 Å². The Kier molecular flexibility index (Phi) is 3.58. The molecule has 0 saturated carbocycles. The molecule has 1 fully saturated rings. The first-order valence-electron chi connectivity index (χ1n) is 7.53. The van der Waals surface area contributed by atoms with Gasteiger partial charge in [-0.25, -0.2) is 0 Å². The Hall–Kier alpha value is -1.72. The van der Waals surface area contributed by atoms with Crippen LogP contribution in [0.25, 0.3) is 11.3 Å². The zero-order valence-electron chi connectivity index (χ0n) is 13.8. The third kappa shape index (κ3) is 2.66. The van der Waals surface area contributed by atoms with E-state index in [0.717, 1.165) is 11.3 Å². The van der Waals surface area contributed by atoms with E-state index >= 15 is 0 Å². The molecule has 1 saturated heterocycles. The Morgan fingerprint density at radius 2 is 1.50 bits per heavy atom. The largest absolute Gasteiger partial charge is 0.516 e. The number of aromatic nitrogens is 2. The number of benzene rings is 1. The molecular formula is C17H21BN2O2. The lowest BCUT2D eigenvalue weighted by atomic mass is 9.85. The molecule has 0 unspecified atom stereocenters. The fourth-order valence-corrected chi connectivity index (χ4v) is 2.32. The molecule has 0 N–H and O–H groups in total. The molecule has 114 valence electrons. The zero-order chi connectivity index (χ0) is 16.0. The fourth-order valence-electron chi connectivity index (χ4n) is 2.32. The first kappa shape index (κ1) is 15.2. The minimum Gasteiger partial charge on any atom is -0.398 e. The first-order chi connectivity index (χ1) is 10.3. The first-order valence-corrected chi connectivity index (χ1v) is 7.53. The average Bonchev–Trinajstić information content (AvgIpc) is 2.68. The van der Waals surface area contributed by atoms with Crippen molar-refractivity contribution < 1.29 is 9.31 Å². The molecule has 0 spiro atoms. The molecule has 0 radical (unpaired) electrons. The van der Waals surface area contributed by atoms with Crippen LogP contribution < -0.4 is 5.59 Å². The molecule has 3 rings (SSSR count). The van der Waals surface area contributed by atoms with Crippen LogP contribution in [0.4, 0.5) is 0 Å². The molecule has 0 aliphatic carbocycles. The van der Waals surface area contributed by atoms with Gasteiger partial charge in [-0.15, -0.1) is 0 Å². The van der Waals surface area contributed by atoms with Crippen LogP contribution in [0.2, 0.25) is 0 Å². The number of rotatable bonds is 2. The van der Waals surface area contributed by atoms with E-state index in [0.29, 0.717) is 5.59 Å². The van der Waals surface area contributed by atoms with Gasteiger partial charge in [-0.2, -0.15) is 0 Å². The lowest BCUT2D eigenvalue weighted by Crippen LogP contribution is -2.41. The Balaban J connectivity index is 1.91. The van der Waals surface area contributed by atoms with Gasteiger partial charge in [0.2, 0.25) is 0 Å². The maximum Gasteiger partial charge on any atom is 0.516 e. The van der Waals surface area contributed by atoms with E-state index in [2.05, 4.69) is 29.0 Å². The minimum absolute atomic E-state index is 0.376. The van der Waals surface area contributed by atoms with Crippen molar-refractivity contribution in [3.05, 3.63) is 42.2 Å². The van der Waals surface area contributed by atoms with Crippen LogP contribution in [0.1, 0.15) is 33.3 Å². The molecule has 1 aliphatic heterocycles. The lowest BCUT2D eigenvalue weighted by Gasteiger charge is -2.32. The quantitative estimate of drug-likeness (QED) is 0.799. The molecule has 22 heavy (non-hydrogen) atoms. The van der Waals surface area contributed by atoms with Crippen molar-refractivity contribution in [2.24, 2.45) is 0 Å². The van der Waals surface area contributed by atoms with Crippen LogP contribution >= 0.6 is 0 Å². The SMILES string of the molecule is Cc1ccc(-c2cncc(B3OC(C)(C)C(C)(C)O3)n2)cc1. The summed E-state index contributed by atoms with van der Waals surface area (Å²) < 4.78 is 12.1. The number of nitrogens with zero attached hydrogens (tertiary/aromatic N) is 2. The summed E-state index contributed by atoms with van der Waals surface area (Å²) in [6.07, 6.45) is 3.47. The minimum atomic E-state index is -0.483. The molecule has 2 aromatic rings. The van der Waals surface area contributed by atoms with Gasteiger partial charge in [0.05, 0.1) is 28.7 Å². The van der Waals surface area contributed by atoms with Crippen LogP contribution in [0.3, 0.4) is 0 Å². The standard InChI is InChI=1S/C17H21BN2O2/c1-12-6-8-13(9-7-12)14-10-19-11-15(20-14)18-21-16(2,3)17(4,5)22-18/h6-11H,1-5H3. The van der Waals surface area contributed by atoms with Crippen LogP contribution in [0.5, 0.6) is 0 Å². The normalized spacial score (nSPS) is 19.4. The summed E-state index contributed by atoms with van der Waals surface area (Å²) in [5.74, 6) is 0. The number of hydrogen-bond acceptors (Lipinski definition) is 4. The Morgan fingerprint density at radius 3 is 2.09 bits per heavy atom. The Bertz CT molecular complexity index is 667. The number of hydrogen-bond donors (Lipinski definition) is 0. The molecule has 1 aromatic heterocycles. The fraction of sp³-hybridized carbons (Fsp3) is 0.412. The molecule has 0 bridgehead atoms. The highest BCUT2D eigenvalue weighted by Crippen LogP contribution is 2.36. The average molecular weight is 296 g/mol. The highest BCUT2D eigenvalue weighted by molar-refractivity contribution is 6.61. The van der Waals surface area contributed by atoms with E-state index in [1.54, 1.807) is 12.4 Å². The molecule has 4 nitrogen and oxygen atoms in total. The van der Waals surface area contributed by atoms with E-state index in [9.17, 15) is 0 Å². The lowest BCUT2D eigenvalue weighted by molar-refractivity contribution is 0.00578. The zero-order valence-corrected chi connectivity index (χ0v) is 13.8. The van der Waals surface area contributed by atoms with Gasteiger partial charge >= 0.3 is 7.12 Å². The predicted molar refractivity (Wildman–Crippen MR) is 87.9 cm³/mol. The van der Waals surface area contributed by atoms with Crippen LogP contribution in [-0.2, 0) is 9.31 Å². The maximum atomic E-state index is 6.04. The van der Waals surface area contributed by atoms with Gasteiger partial charge in [0.25, 0.3) is 0 Å². The molecule has 1 aromatic carbocycles. The van der Waals surface area contributed by atoms with Gasteiger partial charge in [0.1, 0.15) is 0 Å². The van der Waals surface area contributed by atoms with E-state index < -0.39 is 7.12 Å². The van der Waals surface area contributed by atoms with Crippen molar-refractivity contribution in [1.82, 2.24) is 9.97 Å². The summed E-state index contributed by atoms with van der Waals surface area (Å²) in [6.45, 7) is 10.2. The number of aryl methyl sites for hydroxylation is 1. The Morgan fingerprint density at radius 1 is 0.909 bits per heavy atom. The van der Waals surface area contributed by atoms with E-state index in [4.69, 9.17) is 9.31 Å². The molecular weight excluding hydrogens is 275 g/mol. The predicted octanol–water partition coefficient (Wildman–Crippen LogP) is 2.75. The topological polar surface area (TPSA) is 44.2 Å². The van der Waals surface area contributed by atoms with Gasteiger partial charge in [0.15, 0.2) is 0 Å². The van der Waals surface area contributed by atoms with E-state index in [1.165, 1.54) is 5.56 Å². The third-order valence-corrected chi connectivity index (χ3v) is 4.50. The highest BCUT2D eigenvalue weighted by Gasteiger charge is 2.52.